The van der Waals surface area contributed by atoms with Crippen molar-refractivity contribution >= 4 is 5.97 Å². The average molecular weight is 355 g/mol. The fourth-order valence-corrected chi connectivity index (χ4v) is 4.94. The Balaban J connectivity index is 0.00000151. The number of hydrogen-bond acceptors (Lipinski definition) is 3. The molecule has 4 unspecified atom stereocenters. The highest BCUT2D eigenvalue weighted by Gasteiger charge is 2.40. The highest BCUT2D eigenvalue weighted by atomic mass is 16.6. The molecular formula is C22H42O3. The number of methoxy groups -OCH3 is 1. The van der Waals surface area contributed by atoms with Crippen LogP contribution in [0.3, 0.4) is 0 Å². The maximum Gasteiger partial charge on any atom is 0.308 e. The van der Waals surface area contributed by atoms with Crippen LogP contribution >= 0.6 is 0 Å². The van der Waals surface area contributed by atoms with Gasteiger partial charge in [0.1, 0.15) is 5.60 Å². The lowest BCUT2D eigenvalue weighted by Gasteiger charge is -2.31. The number of rotatable bonds is 8. The van der Waals surface area contributed by atoms with E-state index in [9.17, 15) is 4.79 Å². The fraction of sp³-hybridized carbons (Fsp3) is 0.955. The minimum absolute atomic E-state index is 0.0271. The summed E-state index contributed by atoms with van der Waals surface area (Å²) in [6.07, 6.45) is 10.8. The minimum Gasteiger partial charge on any atom is -0.459 e. The molecule has 0 radical (unpaired) electrons. The molecule has 2 fully saturated rings. The molecule has 2 rings (SSSR count). The first kappa shape index (κ1) is 22.5. The third kappa shape index (κ3) is 5.98. The quantitative estimate of drug-likeness (QED) is 0.491. The third-order valence-electron chi connectivity index (χ3n) is 6.59. The monoisotopic (exact) mass is 354 g/mol. The molecule has 2 saturated carbocycles. The maximum absolute atomic E-state index is 12.5. The molecule has 25 heavy (non-hydrogen) atoms. The first-order valence-corrected chi connectivity index (χ1v) is 10.8. The van der Waals surface area contributed by atoms with Crippen LogP contribution in [0, 0.1) is 17.8 Å². The Morgan fingerprint density at radius 2 is 1.72 bits per heavy atom. The highest BCUT2D eigenvalue weighted by Crippen LogP contribution is 2.43. The van der Waals surface area contributed by atoms with Crippen molar-refractivity contribution in [2.45, 2.75) is 111 Å². The van der Waals surface area contributed by atoms with E-state index in [1.54, 1.807) is 7.11 Å². The van der Waals surface area contributed by atoms with E-state index in [0.717, 1.165) is 25.2 Å². The van der Waals surface area contributed by atoms with Gasteiger partial charge in [0.05, 0.1) is 12.5 Å². The van der Waals surface area contributed by atoms with Crippen LogP contribution in [0.2, 0.25) is 0 Å². The second kappa shape index (κ2) is 11.2. The van der Waals surface area contributed by atoms with Gasteiger partial charge >= 0.3 is 5.97 Å². The van der Waals surface area contributed by atoms with Crippen LogP contribution in [-0.2, 0) is 14.3 Å². The number of hydrogen-bond donors (Lipinski definition) is 0. The van der Waals surface area contributed by atoms with Crippen LogP contribution in [0.4, 0.5) is 0 Å². The van der Waals surface area contributed by atoms with E-state index in [2.05, 4.69) is 20.8 Å². The molecule has 2 aliphatic rings. The van der Waals surface area contributed by atoms with Gasteiger partial charge in [-0.25, -0.2) is 0 Å². The molecule has 0 N–H and O–H groups in total. The van der Waals surface area contributed by atoms with E-state index in [-0.39, 0.29) is 17.7 Å². The zero-order valence-corrected chi connectivity index (χ0v) is 17.6. The van der Waals surface area contributed by atoms with Gasteiger partial charge in [0.15, 0.2) is 0 Å². The molecule has 0 amide bonds. The molecule has 3 heteroatoms. The van der Waals surface area contributed by atoms with Crippen LogP contribution in [0.15, 0.2) is 0 Å². The molecule has 0 aromatic heterocycles. The van der Waals surface area contributed by atoms with Crippen molar-refractivity contribution < 1.29 is 14.3 Å². The summed E-state index contributed by atoms with van der Waals surface area (Å²) >= 11 is 0. The van der Waals surface area contributed by atoms with Gasteiger partial charge in [0.25, 0.3) is 0 Å². The van der Waals surface area contributed by atoms with E-state index < -0.39 is 0 Å². The third-order valence-corrected chi connectivity index (χ3v) is 6.59. The molecule has 3 nitrogen and oxygen atoms in total. The maximum atomic E-state index is 12.5. The van der Waals surface area contributed by atoms with Gasteiger partial charge in [-0.1, -0.05) is 47.5 Å². The molecule has 0 aliphatic heterocycles. The zero-order chi connectivity index (χ0) is 18.9. The Morgan fingerprint density at radius 3 is 2.20 bits per heavy atom. The van der Waals surface area contributed by atoms with E-state index in [1.165, 1.54) is 38.5 Å². The number of ether oxygens (including phenoxy) is 2. The summed E-state index contributed by atoms with van der Waals surface area (Å²) in [7, 11) is 1.76. The summed E-state index contributed by atoms with van der Waals surface area (Å²) in [4.78, 5) is 12.5. The molecular weight excluding hydrogens is 312 g/mol. The summed E-state index contributed by atoms with van der Waals surface area (Å²) in [5.74, 6) is 1.97. The van der Waals surface area contributed by atoms with Crippen molar-refractivity contribution in [3.8, 4) is 0 Å². The van der Waals surface area contributed by atoms with Gasteiger partial charge < -0.3 is 9.47 Å². The molecule has 4 atom stereocenters. The predicted octanol–water partition coefficient (Wildman–Crippen LogP) is 6.15. The standard InChI is InChI=1S/C20H36O3.C2H6/c1-5-15-12-16(6-2)17(13-15)18(22-4)14-19(21)23-20(7-3)10-8-9-11-20;1-2/h15-18H,5-14H2,1-4H3;1-2H3. The van der Waals surface area contributed by atoms with Crippen LogP contribution in [0.5, 0.6) is 0 Å². The Bertz CT molecular complexity index is 373. The van der Waals surface area contributed by atoms with Gasteiger partial charge in [-0.3, -0.25) is 4.79 Å². The van der Waals surface area contributed by atoms with Crippen molar-refractivity contribution in [3.63, 3.8) is 0 Å². The van der Waals surface area contributed by atoms with Crippen LogP contribution in [0.1, 0.15) is 98.8 Å². The fourth-order valence-electron chi connectivity index (χ4n) is 4.94. The Morgan fingerprint density at radius 1 is 1.08 bits per heavy atom. The molecule has 148 valence electrons. The zero-order valence-electron chi connectivity index (χ0n) is 17.6. The Kier molecular flexibility index (Phi) is 10.1. The molecule has 0 aromatic carbocycles. The number of carbonyl (C=O) groups is 1. The largest absolute Gasteiger partial charge is 0.459 e. The molecule has 0 bridgehead atoms. The first-order valence-electron chi connectivity index (χ1n) is 10.8. The summed E-state index contributed by atoms with van der Waals surface area (Å²) in [6.45, 7) is 10.7. The van der Waals surface area contributed by atoms with Crippen LogP contribution in [-0.4, -0.2) is 24.8 Å². The average Bonchev–Trinajstić information content (AvgIpc) is 3.28. The summed E-state index contributed by atoms with van der Waals surface area (Å²) in [6, 6.07) is 0. The molecule has 2 aliphatic carbocycles. The molecule has 0 saturated heterocycles. The molecule has 0 aromatic rings. The second-order valence-corrected chi connectivity index (χ2v) is 7.77. The lowest BCUT2D eigenvalue weighted by molar-refractivity contribution is -0.163. The number of esters is 1. The van der Waals surface area contributed by atoms with Crippen molar-refractivity contribution in [1.82, 2.24) is 0 Å². The summed E-state index contributed by atoms with van der Waals surface area (Å²) in [5.41, 5.74) is -0.179. The van der Waals surface area contributed by atoms with Crippen molar-refractivity contribution in [2.75, 3.05) is 7.11 Å². The van der Waals surface area contributed by atoms with Crippen LogP contribution < -0.4 is 0 Å². The predicted molar refractivity (Wildman–Crippen MR) is 105 cm³/mol. The van der Waals surface area contributed by atoms with Gasteiger partial charge in [0.2, 0.25) is 0 Å². The molecule has 0 heterocycles. The summed E-state index contributed by atoms with van der Waals surface area (Å²) in [5, 5.41) is 0. The topological polar surface area (TPSA) is 35.5 Å². The smallest absolute Gasteiger partial charge is 0.308 e. The second-order valence-electron chi connectivity index (χ2n) is 7.77. The lowest BCUT2D eigenvalue weighted by Crippen LogP contribution is -2.35. The van der Waals surface area contributed by atoms with E-state index in [4.69, 9.17) is 9.47 Å². The van der Waals surface area contributed by atoms with E-state index >= 15 is 0 Å². The van der Waals surface area contributed by atoms with Crippen molar-refractivity contribution in [2.24, 2.45) is 17.8 Å². The minimum atomic E-state index is -0.179. The normalized spacial score (nSPS) is 29.0. The van der Waals surface area contributed by atoms with Crippen molar-refractivity contribution in [1.29, 1.82) is 0 Å². The van der Waals surface area contributed by atoms with Crippen LogP contribution in [0.25, 0.3) is 0 Å². The van der Waals surface area contributed by atoms with Gasteiger partial charge in [-0.2, -0.15) is 0 Å². The van der Waals surface area contributed by atoms with Gasteiger partial charge in [-0.05, 0) is 62.7 Å². The Labute approximate surface area is 156 Å². The van der Waals surface area contributed by atoms with E-state index in [1.807, 2.05) is 13.8 Å². The number of carbonyl (C=O) groups excluding carboxylic acids is 1. The van der Waals surface area contributed by atoms with E-state index in [0.29, 0.717) is 18.3 Å². The SMILES string of the molecule is CC.CCC1CC(CC)C(C(CC(=O)OC2(CC)CCCC2)OC)C1. The Hall–Kier alpha value is -0.570. The van der Waals surface area contributed by atoms with Gasteiger partial charge in [0, 0.05) is 7.11 Å². The lowest BCUT2D eigenvalue weighted by atomic mass is 9.87. The highest BCUT2D eigenvalue weighted by molar-refractivity contribution is 5.70. The van der Waals surface area contributed by atoms with Crippen molar-refractivity contribution in [3.05, 3.63) is 0 Å². The van der Waals surface area contributed by atoms with Gasteiger partial charge in [-0.15, -0.1) is 0 Å². The molecule has 0 spiro atoms. The summed E-state index contributed by atoms with van der Waals surface area (Å²) < 4.78 is 11.7. The first-order chi connectivity index (χ1) is 12.1.